The Morgan fingerprint density at radius 1 is 1.24 bits per heavy atom. The molecular weight excluding hydrogens is 336 g/mol. The fourth-order valence-corrected chi connectivity index (χ4v) is 3.66. The van der Waals surface area contributed by atoms with Gasteiger partial charge < -0.3 is 9.84 Å². The second kappa shape index (κ2) is 7.44. The number of pyridine rings is 1. The maximum Gasteiger partial charge on any atom is 0.304 e. The van der Waals surface area contributed by atoms with Crippen LogP contribution >= 0.6 is 11.3 Å². The van der Waals surface area contributed by atoms with Crippen LogP contribution in [0.5, 0.6) is 5.75 Å². The van der Waals surface area contributed by atoms with E-state index in [1.54, 1.807) is 25.7 Å². The molecule has 2 aromatic heterocycles. The van der Waals surface area contributed by atoms with Crippen molar-refractivity contribution in [3.8, 4) is 16.9 Å². The van der Waals surface area contributed by atoms with Gasteiger partial charge in [0, 0.05) is 29.0 Å². The number of methoxy groups -OCH3 is 1. The van der Waals surface area contributed by atoms with Gasteiger partial charge in [0.05, 0.1) is 19.4 Å². The molecule has 1 unspecified atom stereocenters. The Balaban J connectivity index is 2.11. The lowest BCUT2D eigenvalue weighted by atomic mass is 9.92. The van der Waals surface area contributed by atoms with Crippen LogP contribution in [-0.2, 0) is 4.79 Å². The highest BCUT2D eigenvalue weighted by Crippen LogP contribution is 2.38. The summed E-state index contributed by atoms with van der Waals surface area (Å²) >= 11 is 1.51. The second-order valence-electron chi connectivity index (χ2n) is 5.65. The Morgan fingerprint density at radius 3 is 2.60 bits per heavy atom. The van der Waals surface area contributed by atoms with Gasteiger partial charge in [-0.25, -0.2) is 4.98 Å². The fourth-order valence-electron chi connectivity index (χ4n) is 2.77. The molecule has 0 fully saturated rings. The zero-order chi connectivity index (χ0) is 17.8. The van der Waals surface area contributed by atoms with Gasteiger partial charge in [0.1, 0.15) is 10.8 Å². The Bertz CT molecular complexity index is 877. The number of carbonyl (C=O) groups is 1. The normalized spacial score (nSPS) is 11.9. The van der Waals surface area contributed by atoms with Crippen molar-refractivity contribution in [1.82, 2.24) is 9.97 Å². The summed E-state index contributed by atoms with van der Waals surface area (Å²) in [6, 6.07) is 9.66. The highest BCUT2D eigenvalue weighted by atomic mass is 32.1. The zero-order valence-corrected chi connectivity index (χ0v) is 14.8. The number of benzene rings is 1. The van der Waals surface area contributed by atoms with E-state index in [1.165, 1.54) is 11.3 Å². The number of carboxylic acids is 1. The van der Waals surface area contributed by atoms with Crippen LogP contribution in [0.3, 0.4) is 0 Å². The van der Waals surface area contributed by atoms with Crippen LogP contribution < -0.4 is 4.74 Å². The molecular formula is C19H18N2O3S. The zero-order valence-electron chi connectivity index (χ0n) is 14.0. The Labute approximate surface area is 150 Å². The summed E-state index contributed by atoms with van der Waals surface area (Å²) in [6.07, 6.45) is 5.20. The molecule has 0 radical (unpaired) electrons. The number of hydrogen-bond donors (Lipinski definition) is 1. The van der Waals surface area contributed by atoms with Crippen LogP contribution in [0.4, 0.5) is 0 Å². The van der Waals surface area contributed by atoms with E-state index in [9.17, 15) is 9.90 Å². The monoisotopic (exact) mass is 354 g/mol. The van der Waals surface area contributed by atoms with Gasteiger partial charge in [0.15, 0.2) is 0 Å². The molecule has 0 aliphatic rings. The van der Waals surface area contributed by atoms with E-state index in [-0.39, 0.29) is 12.3 Å². The molecule has 0 spiro atoms. The van der Waals surface area contributed by atoms with Crippen LogP contribution in [-0.4, -0.2) is 28.2 Å². The van der Waals surface area contributed by atoms with Crippen LogP contribution in [0, 0.1) is 6.92 Å². The van der Waals surface area contributed by atoms with Gasteiger partial charge in [0.25, 0.3) is 0 Å². The first-order chi connectivity index (χ1) is 12.1. The van der Waals surface area contributed by atoms with Gasteiger partial charge in [0.2, 0.25) is 0 Å². The maximum atomic E-state index is 11.4. The molecule has 1 atom stereocenters. The van der Waals surface area contributed by atoms with E-state index in [2.05, 4.69) is 9.97 Å². The van der Waals surface area contributed by atoms with Crippen LogP contribution in [0.15, 0.2) is 48.9 Å². The van der Waals surface area contributed by atoms with Crippen LogP contribution in [0.2, 0.25) is 0 Å². The standard InChI is InChI=1S/C19H18N2O3S/c1-12-11-21-19(25-12)16(10-18(22)23)15-9-14(3-4-17(15)24-2)13-5-7-20-8-6-13/h3-9,11,16H,10H2,1-2H3,(H,22,23). The SMILES string of the molecule is COc1ccc(-c2ccncc2)cc1C(CC(=O)O)c1ncc(C)s1. The summed E-state index contributed by atoms with van der Waals surface area (Å²) in [5.74, 6) is -0.556. The Morgan fingerprint density at radius 2 is 2.00 bits per heavy atom. The van der Waals surface area contributed by atoms with Crippen molar-refractivity contribution in [2.75, 3.05) is 7.11 Å². The predicted molar refractivity (Wildman–Crippen MR) is 97.2 cm³/mol. The van der Waals surface area contributed by atoms with Gasteiger partial charge in [-0.2, -0.15) is 0 Å². The molecule has 1 N–H and O–H groups in total. The number of ether oxygens (including phenoxy) is 1. The number of nitrogens with zero attached hydrogens (tertiary/aromatic N) is 2. The lowest BCUT2D eigenvalue weighted by molar-refractivity contribution is -0.137. The van der Waals surface area contributed by atoms with E-state index in [1.807, 2.05) is 37.3 Å². The quantitative estimate of drug-likeness (QED) is 0.720. The van der Waals surface area contributed by atoms with Gasteiger partial charge in [-0.15, -0.1) is 11.3 Å². The topological polar surface area (TPSA) is 72.3 Å². The molecule has 25 heavy (non-hydrogen) atoms. The summed E-state index contributed by atoms with van der Waals surface area (Å²) in [7, 11) is 1.59. The summed E-state index contributed by atoms with van der Waals surface area (Å²) in [5, 5.41) is 10.2. The largest absolute Gasteiger partial charge is 0.496 e. The molecule has 1 aromatic carbocycles. The minimum atomic E-state index is -0.866. The summed E-state index contributed by atoms with van der Waals surface area (Å²) in [6.45, 7) is 1.96. The van der Waals surface area contributed by atoms with E-state index >= 15 is 0 Å². The maximum absolute atomic E-state index is 11.4. The molecule has 5 nitrogen and oxygen atoms in total. The first-order valence-corrected chi connectivity index (χ1v) is 8.62. The lowest BCUT2D eigenvalue weighted by Crippen LogP contribution is -2.09. The number of aryl methyl sites for hydroxylation is 1. The third-order valence-electron chi connectivity index (χ3n) is 3.93. The Hall–Kier alpha value is -2.73. The summed E-state index contributed by atoms with van der Waals surface area (Å²) in [4.78, 5) is 21.0. The molecule has 0 bridgehead atoms. The predicted octanol–water partition coefficient (Wildman–Crippen LogP) is 4.13. The minimum Gasteiger partial charge on any atom is -0.496 e. The van der Waals surface area contributed by atoms with Gasteiger partial charge >= 0.3 is 5.97 Å². The molecule has 6 heteroatoms. The van der Waals surface area contributed by atoms with E-state index in [4.69, 9.17) is 4.74 Å². The molecule has 0 saturated heterocycles. The van der Waals surface area contributed by atoms with Gasteiger partial charge in [-0.05, 0) is 42.3 Å². The summed E-state index contributed by atoms with van der Waals surface area (Å²) < 4.78 is 5.50. The van der Waals surface area contributed by atoms with Gasteiger partial charge in [-0.3, -0.25) is 9.78 Å². The number of thiazole rings is 1. The highest BCUT2D eigenvalue weighted by Gasteiger charge is 2.24. The van der Waals surface area contributed by atoms with E-state index in [0.717, 1.165) is 26.6 Å². The number of aliphatic carboxylic acids is 1. The molecule has 3 aromatic rings. The Kier molecular flexibility index (Phi) is 5.09. The number of carboxylic acid groups (broad SMARTS) is 1. The van der Waals surface area contributed by atoms with Crippen molar-refractivity contribution >= 4 is 17.3 Å². The minimum absolute atomic E-state index is 0.0386. The number of hydrogen-bond acceptors (Lipinski definition) is 5. The smallest absolute Gasteiger partial charge is 0.304 e. The third kappa shape index (κ3) is 3.85. The number of aromatic nitrogens is 2. The van der Waals surface area contributed by atoms with Crippen molar-refractivity contribution in [3.63, 3.8) is 0 Å². The third-order valence-corrected chi connectivity index (χ3v) is 4.96. The van der Waals surface area contributed by atoms with Crippen LogP contribution in [0.1, 0.15) is 27.8 Å². The van der Waals surface area contributed by atoms with Crippen molar-refractivity contribution in [1.29, 1.82) is 0 Å². The lowest BCUT2D eigenvalue weighted by Gasteiger charge is -2.18. The summed E-state index contributed by atoms with van der Waals surface area (Å²) in [5.41, 5.74) is 2.83. The van der Waals surface area contributed by atoms with Crippen LogP contribution in [0.25, 0.3) is 11.1 Å². The first kappa shape index (κ1) is 17.1. The molecule has 128 valence electrons. The molecule has 0 aliphatic carbocycles. The molecule has 0 amide bonds. The first-order valence-electron chi connectivity index (χ1n) is 7.81. The van der Waals surface area contributed by atoms with E-state index < -0.39 is 5.97 Å². The second-order valence-corrected chi connectivity index (χ2v) is 6.92. The van der Waals surface area contributed by atoms with Crippen molar-refractivity contribution < 1.29 is 14.6 Å². The van der Waals surface area contributed by atoms with Crippen molar-refractivity contribution in [2.45, 2.75) is 19.3 Å². The average Bonchev–Trinajstić information content (AvgIpc) is 3.06. The fraction of sp³-hybridized carbons (Fsp3) is 0.211. The average molecular weight is 354 g/mol. The van der Waals surface area contributed by atoms with Gasteiger partial charge in [-0.1, -0.05) is 6.07 Å². The molecule has 0 saturated carbocycles. The van der Waals surface area contributed by atoms with E-state index in [0.29, 0.717) is 5.75 Å². The molecule has 3 rings (SSSR count). The molecule has 2 heterocycles. The van der Waals surface area contributed by atoms with Crippen molar-refractivity contribution in [3.05, 3.63) is 64.4 Å². The number of rotatable bonds is 6. The van der Waals surface area contributed by atoms with Crippen molar-refractivity contribution in [2.24, 2.45) is 0 Å². The molecule has 0 aliphatic heterocycles. The highest BCUT2D eigenvalue weighted by molar-refractivity contribution is 7.11.